The molecule has 0 aromatic heterocycles. The Bertz CT molecular complexity index is 393. The van der Waals surface area contributed by atoms with Crippen LogP contribution in [0.5, 0.6) is 11.5 Å². The van der Waals surface area contributed by atoms with Gasteiger partial charge in [-0.1, -0.05) is 36.4 Å². The standard InChI is InChI=1S/2C8H10O2.ClH/c2*9-6-7-10-8-4-2-1-3-5-8;/h2*1-5,9H,6-7H2;1H. The van der Waals surface area contributed by atoms with Gasteiger partial charge in [0.15, 0.2) is 0 Å². The highest BCUT2D eigenvalue weighted by atomic mass is 35.5. The van der Waals surface area contributed by atoms with E-state index in [1.54, 1.807) is 0 Å². The van der Waals surface area contributed by atoms with Crippen molar-refractivity contribution >= 4 is 12.4 Å². The molecule has 0 saturated heterocycles. The molecule has 2 aromatic carbocycles. The van der Waals surface area contributed by atoms with Gasteiger partial charge >= 0.3 is 0 Å². The van der Waals surface area contributed by atoms with Gasteiger partial charge in [-0.25, -0.2) is 0 Å². The van der Waals surface area contributed by atoms with Crippen molar-refractivity contribution in [2.75, 3.05) is 26.4 Å². The summed E-state index contributed by atoms with van der Waals surface area (Å²) in [6.07, 6.45) is 0. The van der Waals surface area contributed by atoms with Crippen LogP contribution in [-0.2, 0) is 0 Å². The van der Waals surface area contributed by atoms with E-state index in [-0.39, 0.29) is 25.6 Å². The average Bonchev–Trinajstić information content (AvgIpc) is 2.53. The molecule has 0 aliphatic rings. The molecule has 0 aliphatic carbocycles. The summed E-state index contributed by atoms with van der Waals surface area (Å²) in [5, 5.41) is 16.8. The SMILES string of the molecule is Cl.OCCOc1ccccc1.OCCOc1ccccc1. The van der Waals surface area contributed by atoms with Crippen LogP contribution < -0.4 is 9.47 Å². The highest BCUT2D eigenvalue weighted by molar-refractivity contribution is 5.85. The lowest BCUT2D eigenvalue weighted by Crippen LogP contribution is -2.00. The van der Waals surface area contributed by atoms with Crippen molar-refractivity contribution in [2.45, 2.75) is 0 Å². The molecule has 0 aliphatic heterocycles. The fourth-order valence-corrected chi connectivity index (χ4v) is 1.36. The van der Waals surface area contributed by atoms with Gasteiger partial charge in [0.1, 0.15) is 24.7 Å². The van der Waals surface area contributed by atoms with Crippen LogP contribution in [0.15, 0.2) is 60.7 Å². The fourth-order valence-electron chi connectivity index (χ4n) is 1.36. The van der Waals surface area contributed by atoms with Crippen LogP contribution in [0.3, 0.4) is 0 Å². The topological polar surface area (TPSA) is 58.9 Å². The van der Waals surface area contributed by atoms with Gasteiger partial charge in [0.05, 0.1) is 13.2 Å². The van der Waals surface area contributed by atoms with E-state index in [2.05, 4.69) is 0 Å². The van der Waals surface area contributed by atoms with Crippen LogP contribution in [0.2, 0.25) is 0 Å². The molecule has 116 valence electrons. The quantitative estimate of drug-likeness (QED) is 0.860. The molecule has 2 rings (SSSR count). The van der Waals surface area contributed by atoms with Gasteiger partial charge in [0, 0.05) is 0 Å². The van der Waals surface area contributed by atoms with Crippen molar-refractivity contribution in [3.63, 3.8) is 0 Å². The lowest BCUT2D eigenvalue weighted by molar-refractivity contribution is 0.201. The Kier molecular flexibility index (Phi) is 12.1. The maximum atomic E-state index is 8.40. The summed E-state index contributed by atoms with van der Waals surface area (Å²) in [5.41, 5.74) is 0. The molecule has 4 nitrogen and oxygen atoms in total. The number of ether oxygens (including phenoxy) is 2. The van der Waals surface area contributed by atoms with Crippen LogP contribution in [0.1, 0.15) is 0 Å². The zero-order chi connectivity index (χ0) is 14.5. The van der Waals surface area contributed by atoms with Crippen molar-refractivity contribution in [3.8, 4) is 11.5 Å². The normalized spacial score (nSPS) is 8.86. The Morgan fingerprint density at radius 2 is 0.952 bits per heavy atom. The van der Waals surface area contributed by atoms with Crippen molar-refractivity contribution in [1.29, 1.82) is 0 Å². The van der Waals surface area contributed by atoms with Crippen LogP contribution in [-0.4, -0.2) is 36.6 Å². The molecule has 0 bridgehead atoms. The summed E-state index contributed by atoms with van der Waals surface area (Å²) in [5.74, 6) is 1.60. The second-order valence-electron chi connectivity index (χ2n) is 3.77. The van der Waals surface area contributed by atoms with Gasteiger partial charge in [-0.05, 0) is 24.3 Å². The third-order valence-corrected chi connectivity index (χ3v) is 2.21. The third-order valence-electron chi connectivity index (χ3n) is 2.21. The molecule has 0 atom stereocenters. The van der Waals surface area contributed by atoms with Crippen molar-refractivity contribution < 1.29 is 19.7 Å². The number of benzene rings is 2. The molecule has 5 heteroatoms. The van der Waals surface area contributed by atoms with Crippen molar-refractivity contribution in [1.82, 2.24) is 0 Å². The number of aliphatic hydroxyl groups is 2. The summed E-state index contributed by atoms with van der Waals surface area (Å²) in [6, 6.07) is 18.9. The molecule has 0 amide bonds. The Hall–Kier alpha value is -1.75. The van der Waals surface area contributed by atoms with Crippen LogP contribution in [0.25, 0.3) is 0 Å². The molecular weight excluding hydrogens is 292 g/mol. The van der Waals surface area contributed by atoms with E-state index in [0.29, 0.717) is 13.2 Å². The van der Waals surface area contributed by atoms with Gasteiger partial charge in [0.2, 0.25) is 0 Å². The first-order chi connectivity index (χ1) is 9.86. The minimum Gasteiger partial charge on any atom is -0.491 e. The van der Waals surface area contributed by atoms with Crippen LogP contribution in [0.4, 0.5) is 0 Å². The Balaban J connectivity index is 0.000000364. The molecule has 0 heterocycles. The van der Waals surface area contributed by atoms with Crippen LogP contribution in [0, 0.1) is 0 Å². The number of rotatable bonds is 6. The summed E-state index contributed by atoms with van der Waals surface area (Å²) in [7, 11) is 0. The Morgan fingerprint density at radius 1 is 0.619 bits per heavy atom. The van der Waals surface area contributed by atoms with E-state index in [4.69, 9.17) is 19.7 Å². The third kappa shape index (κ3) is 9.73. The summed E-state index contributed by atoms with van der Waals surface area (Å²) < 4.78 is 10.2. The minimum atomic E-state index is 0. The molecule has 0 radical (unpaired) electrons. The number of hydrogen-bond acceptors (Lipinski definition) is 4. The summed E-state index contributed by atoms with van der Waals surface area (Å²) in [4.78, 5) is 0. The number of halogens is 1. The molecular formula is C16H21ClO4. The van der Waals surface area contributed by atoms with Crippen molar-refractivity contribution in [2.24, 2.45) is 0 Å². The van der Waals surface area contributed by atoms with Gasteiger partial charge in [-0.15, -0.1) is 12.4 Å². The van der Waals surface area contributed by atoms with Crippen LogP contribution >= 0.6 is 12.4 Å². The number of aliphatic hydroxyl groups excluding tert-OH is 2. The van der Waals surface area contributed by atoms with Gasteiger partial charge in [-0.3, -0.25) is 0 Å². The highest BCUT2D eigenvalue weighted by Crippen LogP contribution is 2.07. The lowest BCUT2D eigenvalue weighted by atomic mass is 10.3. The number of hydrogen-bond donors (Lipinski definition) is 2. The predicted molar refractivity (Wildman–Crippen MR) is 85.3 cm³/mol. The van der Waals surface area contributed by atoms with Gasteiger partial charge in [0.25, 0.3) is 0 Å². The Morgan fingerprint density at radius 3 is 1.24 bits per heavy atom. The van der Waals surface area contributed by atoms with E-state index in [9.17, 15) is 0 Å². The summed E-state index contributed by atoms with van der Waals surface area (Å²) >= 11 is 0. The van der Waals surface area contributed by atoms with Gasteiger partial charge < -0.3 is 19.7 Å². The zero-order valence-corrected chi connectivity index (χ0v) is 12.5. The van der Waals surface area contributed by atoms with E-state index in [1.165, 1.54) is 0 Å². The second-order valence-corrected chi connectivity index (χ2v) is 3.77. The number of para-hydroxylation sites is 2. The molecule has 2 aromatic rings. The Labute approximate surface area is 131 Å². The molecule has 0 saturated carbocycles. The second kappa shape index (κ2) is 13.2. The summed E-state index contributed by atoms with van der Waals surface area (Å²) in [6.45, 7) is 0.859. The molecule has 2 N–H and O–H groups in total. The van der Waals surface area contributed by atoms with E-state index in [0.717, 1.165) is 11.5 Å². The molecule has 0 unspecified atom stereocenters. The largest absolute Gasteiger partial charge is 0.491 e. The van der Waals surface area contributed by atoms with E-state index >= 15 is 0 Å². The smallest absolute Gasteiger partial charge is 0.119 e. The average molecular weight is 313 g/mol. The van der Waals surface area contributed by atoms with Crippen molar-refractivity contribution in [3.05, 3.63) is 60.7 Å². The maximum Gasteiger partial charge on any atom is 0.119 e. The first kappa shape index (κ1) is 19.2. The van der Waals surface area contributed by atoms with E-state index in [1.807, 2.05) is 60.7 Å². The first-order valence-electron chi connectivity index (χ1n) is 6.44. The minimum absolute atomic E-state index is 0. The fraction of sp³-hybridized carbons (Fsp3) is 0.250. The first-order valence-corrected chi connectivity index (χ1v) is 6.44. The molecule has 21 heavy (non-hydrogen) atoms. The monoisotopic (exact) mass is 312 g/mol. The van der Waals surface area contributed by atoms with Gasteiger partial charge in [-0.2, -0.15) is 0 Å². The lowest BCUT2D eigenvalue weighted by Gasteiger charge is -2.01. The van der Waals surface area contributed by atoms with E-state index < -0.39 is 0 Å². The zero-order valence-electron chi connectivity index (χ0n) is 11.7. The molecule has 0 fully saturated rings. The predicted octanol–water partition coefficient (Wildman–Crippen LogP) is 2.54. The molecule has 0 spiro atoms. The maximum absolute atomic E-state index is 8.40. The highest BCUT2D eigenvalue weighted by Gasteiger charge is 1.87.